The molecule has 1 aromatic heterocycles. The molecule has 0 bridgehead atoms. The van der Waals surface area contributed by atoms with Gasteiger partial charge in [-0.05, 0) is 30.2 Å². The van der Waals surface area contributed by atoms with Crippen LogP contribution in [0.25, 0.3) is 0 Å². The predicted molar refractivity (Wildman–Crippen MR) is 82.3 cm³/mol. The van der Waals surface area contributed by atoms with Crippen molar-refractivity contribution in [2.45, 2.75) is 46.7 Å². The Morgan fingerprint density at radius 3 is 2.42 bits per heavy atom. The lowest BCUT2D eigenvalue weighted by Gasteiger charge is -2.25. The van der Waals surface area contributed by atoms with Gasteiger partial charge in [-0.1, -0.05) is 33.8 Å². The van der Waals surface area contributed by atoms with E-state index < -0.39 is 0 Å². The van der Waals surface area contributed by atoms with Gasteiger partial charge in [0.15, 0.2) is 0 Å². The minimum Gasteiger partial charge on any atom is -0.354 e. The van der Waals surface area contributed by atoms with E-state index in [1.807, 2.05) is 6.92 Å². The number of thiophene rings is 1. The first-order valence-corrected chi connectivity index (χ1v) is 7.87. The molecule has 0 radical (unpaired) electrons. The standard InChI is InChI=1S/C15H26N2OS/c1-10(2)9-16-15(18)12(5)17-14(11(3)4)13-7-6-8-19-13/h6-8,10-12,14,17H,9H2,1-5H3,(H,16,18). The van der Waals surface area contributed by atoms with E-state index in [0.717, 1.165) is 6.54 Å². The van der Waals surface area contributed by atoms with Crippen LogP contribution in [0.3, 0.4) is 0 Å². The lowest BCUT2D eigenvalue weighted by atomic mass is 10.0. The third kappa shape index (κ3) is 5.33. The molecular weight excluding hydrogens is 256 g/mol. The monoisotopic (exact) mass is 282 g/mol. The largest absolute Gasteiger partial charge is 0.354 e. The molecule has 19 heavy (non-hydrogen) atoms. The van der Waals surface area contributed by atoms with Crippen LogP contribution in [0.1, 0.15) is 45.5 Å². The SMILES string of the molecule is CC(C)CNC(=O)C(C)NC(c1cccs1)C(C)C. The molecule has 0 aliphatic carbocycles. The molecule has 0 aromatic carbocycles. The van der Waals surface area contributed by atoms with Crippen molar-refractivity contribution in [3.8, 4) is 0 Å². The van der Waals surface area contributed by atoms with Crippen LogP contribution in [-0.4, -0.2) is 18.5 Å². The van der Waals surface area contributed by atoms with Gasteiger partial charge >= 0.3 is 0 Å². The van der Waals surface area contributed by atoms with E-state index in [1.54, 1.807) is 11.3 Å². The number of carbonyl (C=O) groups is 1. The highest BCUT2D eigenvalue weighted by molar-refractivity contribution is 7.10. The first-order valence-electron chi connectivity index (χ1n) is 6.99. The molecule has 108 valence electrons. The summed E-state index contributed by atoms with van der Waals surface area (Å²) in [6, 6.07) is 4.25. The Morgan fingerprint density at radius 2 is 1.95 bits per heavy atom. The van der Waals surface area contributed by atoms with E-state index in [2.05, 4.69) is 55.8 Å². The summed E-state index contributed by atoms with van der Waals surface area (Å²) in [5.74, 6) is 1.02. The fourth-order valence-corrected chi connectivity index (χ4v) is 2.83. The Kier molecular flexibility index (Phi) is 6.52. The molecular formula is C15H26N2OS. The highest BCUT2D eigenvalue weighted by atomic mass is 32.1. The molecule has 3 nitrogen and oxygen atoms in total. The van der Waals surface area contributed by atoms with Crippen molar-refractivity contribution in [1.29, 1.82) is 0 Å². The number of amides is 1. The van der Waals surface area contributed by atoms with Crippen molar-refractivity contribution in [2.75, 3.05) is 6.54 Å². The van der Waals surface area contributed by atoms with E-state index in [1.165, 1.54) is 4.88 Å². The summed E-state index contributed by atoms with van der Waals surface area (Å²) in [4.78, 5) is 13.3. The number of hydrogen-bond donors (Lipinski definition) is 2. The summed E-state index contributed by atoms with van der Waals surface area (Å²) in [6.45, 7) is 11.2. The summed E-state index contributed by atoms with van der Waals surface area (Å²) >= 11 is 1.74. The summed E-state index contributed by atoms with van der Waals surface area (Å²) in [6.07, 6.45) is 0. The minimum absolute atomic E-state index is 0.0795. The van der Waals surface area contributed by atoms with Crippen LogP contribution in [0.2, 0.25) is 0 Å². The fourth-order valence-electron chi connectivity index (χ4n) is 1.87. The molecule has 1 heterocycles. The molecule has 0 saturated heterocycles. The molecule has 0 spiro atoms. The van der Waals surface area contributed by atoms with Gasteiger partial charge in [-0.15, -0.1) is 11.3 Å². The number of rotatable bonds is 7. The first kappa shape index (κ1) is 16.2. The first-order chi connectivity index (χ1) is 8.91. The zero-order valence-electron chi connectivity index (χ0n) is 12.6. The normalized spacial score (nSPS) is 14.7. The van der Waals surface area contributed by atoms with Gasteiger partial charge in [0.2, 0.25) is 5.91 Å². The van der Waals surface area contributed by atoms with Gasteiger partial charge in [0.1, 0.15) is 0 Å². The highest BCUT2D eigenvalue weighted by Crippen LogP contribution is 2.26. The van der Waals surface area contributed by atoms with Gasteiger partial charge in [0.25, 0.3) is 0 Å². The van der Waals surface area contributed by atoms with E-state index >= 15 is 0 Å². The van der Waals surface area contributed by atoms with Crippen LogP contribution in [0.4, 0.5) is 0 Å². The quantitative estimate of drug-likeness (QED) is 0.806. The summed E-state index contributed by atoms with van der Waals surface area (Å²) in [7, 11) is 0. The second-order valence-electron chi connectivity index (χ2n) is 5.76. The van der Waals surface area contributed by atoms with Crippen molar-refractivity contribution in [1.82, 2.24) is 10.6 Å². The molecule has 1 rings (SSSR count). The number of carbonyl (C=O) groups excluding carboxylic acids is 1. The predicted octanol–water partition coefficient (Wildman–Crippen LogP) is 3.20. The zero-order valence-corrected chi connectivity index (χ0v) is 13.4. The molecule has 2 unspecified atom stereocenters. The van der Waals surface area contributed by atoms with E-state index in [9.17, 15) is 4.79 Å². The fraction of sp³-hybridized carbons (Fsp3) is 0.667. The average molecular weight is 282 g/mol. The highest BCUT2D eigenvalue weighted by Gasteiger charge is 2.22. The maximum atomic E-state index is 12.0. The minimum atomic E-state index is -0.173. The molecule has 1 aromatic rings. The Hall–Kier alpha value is -0.870. The van der Waals surface area contributed by atoms with Crippen molar-refractivity contribution >= 4 is 17.2 Å². The van der Waals surface area contributed by atoms with E-state index in [-0.39, 0.29) is 18.0 Å². The molecule has 0 fully saturated rings. The van der Waals surface area contributed by atoms with Crippen molar-refractivity contribution in [3.63, 3.8) is 0 Å². The van der Waals surface area contributed by atoms with Gasteiger partial charge in [-0.2, -0.15) is 0 Å². The molecule has 4 heteroatoms. The lowest BCUT2D eigenvalue weighted by Crippen LogP contribution is -2.45. The second-order valence-corrected chi connectivity index (χ2v) is 6.74. The van der Waals surface area contributed by atoms with Crippen molar-refractivity contribution < 1.29 is 4.79 Å². The van der Waals surface area contributed by atoms with Gasteiger partial charge in [0, 0.05) is 17.5 Å². The Balaban J connectivity index is 2.57. The van der Waals surface area contributed by atoms with Crippen LogP contribution in [0.5, 0.6) is 0 Å². The topological polar surface area (TPSA) is 41.1 Å². The Labute approximate surface area is 120 Å². The molecule has 0 saturated carbocycles. The molecule has 0 aliphatic rings. The van der Waals surface area contributed by atoms with Crippen molar-refractivity contribution in [2.24, 2.45) is 11.8 Å². The second kappa shape index (κ2) is 7.65. The number of nitrogens with one attached hydrogen (secondary N) is 2. The lowest BCUT2D eigenvalue weighted by molar-refractivity contribution is -0.123. The third-order valence-corrected chi connectivity index (χ3v) is 3.98. The molecule has 2 atom stereocenters. The van der Waals surface area contributed by atoms with Gasteiger partial charge in [-0.25, -0.2) is 0 Å². The summed E-state index contributed by atoms with van der Waals surface area (Å²) in [5, 5.41) is 8.49. The van der Waals surface area contributed by atoms with Gasteiger partial charge < -0.3 is 5.32 Å². The number of hydrogen-bond acceptors (Lipinski definition) is 3. The third-order valence-electron chi connectivity index (χ3n) is 3.02. The average Bonchev–Trinajstić information content (AvgIpc) is 2.85. The van der Waals surface area contributed by atoms with Crippen LogP contribution < -0.4 is 10.6 Å². The van der Waals surface area contributed by atoms with E-state index in [4.69, 9.17) is 0 Å². The van der Waals surface area contributed by atoms with Crippen LogP contribution in [0.15, 0.2) is 17.5 Å². The van der Waals surface area contributed by atoms with Gasteiger partial charge in [0.05, 0.1) is 6.04 Å². The molecule has 1 amide bonds. The molecule has 2 N–H and O–H groups in total. The summed E-state index contributed by atoms with van der Waals surface area (Å²) < 4.78 is 0. The van der Waals surface area contributed by atoms with Crippen molar-refractivity contribution in [3.05, 3.63) is 22.4 Å². The maximum Gasteiger partial charge on any atom is 0.236 e. The smallest absolute Gasteiger partial charge is 0.236 e. The molecule has 0 aliphatic heterocycles. The Morgan fingerprint density at radius 1 is 1.26 bits per heavy atom. The van der Waals surface area contributed by atoms with Crippen LogP contribution in [0, 0.1) is 11.8 Å². The zero-order chi connectivity index (χ0) is 14.4. The van der Waals surface area contributed by atoms with Crippen LogP contribution in [-0.2, 0) is 4.79 Å². The van der Waals surface area contributed by atoms with Crippen LogP contribution >= 0.6 is 11.3 Å². The van der Waals surface area contributed by atoms with Gasteiger partial charge in [-0.3, -0.25) is 10.1 Å². The Bertz CT molecular complexity index is 374. The van der Waals surface area contributed by atoms with E-state index in [0.29, 0.717) is 11.8 Å². The summed E-state index contributed by atoms with van der Waals surface area (Å²) in [5.41, 5.74) is 0. The maximum absolute atomic E-state index is 12.0.